The van der Waals surface area contributed by atoms with Crippen LogP contribution >= 0.6 is 0 Å². The lowest BCUT2D eigenvalue weighted by atomic mass is 10.4. The second kappa shape index (κ2) is 4.42. The molecular weight excluding hydrogens is 164 g/mol. The Balaban J connectivity index is 2.49. The van der Waals surface area contributed by atoms with Gasteiger partial charge in [0, 0.05) is 12.2 Å². The Labute approximate surface area is 79.7 Å². The average molecular weight is 182 g/mol. The molecule has 0 atom stereocenters. The van der Waals surface area contributed by atoms with Crippen LogP contribution in [0.4, 0.5) is 0 Å². The van der Waals surface area contributed by atoms with Gasteiger partial charge in [-0.2, -0.15) is 5.10 Å². The summed E-state index contributed by atoms with van der Waals surface area (Å²) in [6.45, 7) is 8.89. The molecule has 1 rings (SSSR count). The predicted octanol–water partition coefficient (Wildman–Crippen LogP) is 2.39. The van der Waals surface area contributed by atoms with E-state index in [4.69, 9.17) is 4.74 Å². The molecule has 0 spiro atoms. The third-order valence-corrected chi connectivity index (χ3v) is 1.76. The molecule has 0 aromatic carbocycles. The summed E-state index contributed by atoms with van der Waals surface area (Å²) in [5.74, 6) is 0. The lowest BCUT2D eigenvalue weighted by Crippen LogP contribution is -2.05. The van der Waals surface area contributed by atoms with E-state index in [1.807, 2.05) is 30.8 Å². The average Bonchev–Trinajstić information content (AvgIpc) is 2.48. The number of rotatable bonds is 4. The first-order valence-electron chi connectivity index (χ1n) is 4.75. The van der Waals surface area contributed by atoms with Crippen molar-refractivity contribution in [3.63, 3.8) is 0 Å². The van der Waals surface area contributed by atoms with Crippen LogP contribution in [-0.4, -0.2) is 15.9 Å². The lowest BCUT2D eigenvalue weighted by Gasteiger charge is -2.06. The number of hydrogen-bond donors (Lipinski definition) is 0. The van der Waals surface area contributed by atoms with Gasteiger partial charge >= 0.3 is 0 Å². The highest BCUT2D eigenvalue weighted by Crippen LogP contribution is 2.05. The highest BCUT2D eigenvalue weighted by molar-refractivity contribution is 4.97. The summed E-state index contributed by atoms with van der Waals surface area (Å²) < 4.78 is 7.39. The molecule has 0 aliphatic carbocycles. The zero-order chi connectivity index (χ0) is 9.84. The number of nitrogens with zero attached hydrogens (tertiary/aromatic N) is 2. The van der Waals surface area contributed by atoms with Crippen molar-refractivity contribution in [2.45, 2.75) is 46.4 Å². The Morgan fingerprint density at radius 3 is 2.54 bits per heavy atom. The number of hydrogen-bond acceptors (Lipinski definition) is 2. The van der Waals surface area contributed by atoms with E-state index in [-0.39, 0.29) is 6.10 Å². The molecule has 0 bridgehead atoms. The third kappa shape index (κ3) is 3.19. The Kier molecular flexibility index (Phi) is 3.48. The standard InChI is InChI=1S/C10H18N2O/c1-8(2)12-6-5-10(11-12)7-13-9(3)4/h5-6,8-9H,7H2,1-4H3. The fraction of sp³-hybridized carbons (Fsp3) is 0.700. The SMILES string of the molecule is CC(C)OCc1ccn(C(C)C)n1. The van der Waals surface area contributed by atoms with Gasteiger partial charge < -0.3 is 4.74 Å². The van der Waals surface area contributed by atoms with Crippen LogP contribution in [0.5, 0.6) is 0 Å². The van der Waals surface area contributed by atoms with Crippen molar-refractivity contribution in [1.29, 1.82) is 0 Å². The first-order chi connectivity index (χ1) is 6.09. The Bertz CT molecular complexity index is 253. The van der Waals surface area contributed by atoms with E-state index >= 15 is 0 Å². The summed E-state index contributed by atoms with van der Waals surface area (Å²) in [5.41, 5.74) is 1.00. The van der Waals surface area contributed by atoms with Crippen LogP contribution < -0.4 is 0 Å². The lowest BCUT2D eigenvalue weighted by molar-refractivity contribution is 0.0632. The molecule has 0 amide bonds. The van der Waals surface area contributed by atoms with Crippen molar-refractivity contribution >= 4 is 0 Å². The van der Waals surface area contributed by atoms with Gasteiger partial charge in [-0.05, 0) is 33.8 Å². The van der Waals surface area contributed by atoms with Gasteiger partial charge in [-0.15, -0.1) is 0 Å². The fourth-order valence-corrected chi connectivity index (χ4v) is 0.994. The van der Waals surface area contributed by atoms with Gasteiger partial charge in [-0.25, -0.2) is 0 Å². The van der Waals surface area contributed by atoms with Crippen LogP contribution in [0, 0.1) is 0 Å². The summed E-state index contributed by atoms with van der Waals surface area (Å²) in [4.78, 5) is 0. The molecule has 0 saturated carbocycles. The molecule has 1 heterocycles. The minimum absolute atomic E-state index is 0.268. The van der Waals surface area contributed by atoms with Gasteiger partial charge in [0.1, 0.15) is 0 Å². The van der Waals surface area contributed by atoms with Gasteiger partial charge in [0.15, 0.2) is 0 Å². The van der Waals surface area contributed by atoms with E-state index in [9.17, 15) is 0 Å². The van der Waals surface area contributed by atoms with E-state index in [0.29, 0.717) is 12.6 Å². The van der Waals surface area contributed by atoms with Crippen LogP contribution in [0.1, 0.15) is 39.4 Å². The molecule has 0 aliphatic heterocycles. The molecule has 0 saturated heterocycles. The fourth-order valence-electron chi connectivity index (χ4n) is 0.994. The summed E-state index contributed by atoms with van der Waals surface area (Å²) in [6, 6.07) is 2.43. The summed E-state index contributed by atoms with van der Waals surface area (Å²) >= 11 is 0. The van der Waals surface area contributed by atoms with Crippen LogP contribution in [0.15, 0.2) is 12.3 Å². The normalized spacial score (nSPS) is 11.5. The maximum absolute atomic E-state index is 5.45. The molecule has 0 fully saturated rings. The molecule has 0 N–H and O–H groups in total. The maximum atomic E-state index is 5.45. The van der Waals surface area contributed by atoms with Crippen molar-refractivity contribution < 1.29 is 4.74 Å². The maximum Gasteiger partial charge on any atom is 0.0909 e. The molecular formula is C10H18N2O. The molecule has 0 unspecified atom stereocenters. The highest BCUT2D eigenvalue weighted by atomic mass is 16.5. The van der Waals surface area contributed by atoms with Crippen molar-refractivity contribution in [3.05, 3.63) is 18.0 Å². The smallest absolute Gasteiger partial charge is 0.0909 e. The second-order valence-electron chi connectivity index (χ2n) is 3.74. The molecule has 1 aromatic rings. The zero-order valence-corrected chi connectivity index (χ0v) is 8.82. The van der Waals surface area contributed by atoms with E-state index in [1.54, 1.807) is 0 Å². The van der Waals surface area contributed by atoms with Gasteiger partial charge in [0.05, 0.1) is 18.4 Å². The Morgan fingerprint density at radius 2 is 2.08 bits per heavy atom. The predicted molar refractivity (Wildman–Crippen MR) is 52.5 cm³/mol. The summed E-state index contributed by atoms with van der Waals surface area (Å²) in [7, 11) is 0. The molecule has 0 aliphatic rings. The monoisotopic (exact) mass is 182 g/mol. The van der Waals surface area contributed by atoms with Crippen molar-refractivity contribution in [1.82, 2.24) is 9.78 Å². The van der Waals surface area contributed by atoms with Crippen LogP contribution in [0.3, 0.4) is 0 Å². The Hall–Kier alpha value is -0.830. The molecule has 13 heavy (non-hydrogen) atoms. The van der Waals surface area contributed by atoms with E-state index in [1.165, 1.54) is 0 Å². The van der Waals surface area contributed by atoms with Crippen LogP contribution in [0.25, 0.3) is 0 Å². The largest absolute Gasteiger partial charge is 0.372 e. The van der Waals surface area contributed by atoms with Crippen LogP contribution in [-0.2, 0) is 11.3 Å². The molecule has 3 nitrogen and oxygen atoms in total. The zero-order valence-electron chi connectivity index (χ0n) is 8.82. The van der Waals surface area contributed by atoms with Gasteiger partial charge in [0.2, 0.25) is 0 Å². The van der Waals surface area contributed by atoms with Crippen molar-refractivity contribution in [2.75, 3.05) is 0 Å². The first kappa shape index (κ1) is 10.3. The van der Waals surface area contributed by atoms with Gasteiger partial charge in [-0.3, -0.25) is 4.68 Å². The molecule has 1 aromatic heterocycles. The van der Waals surface area contributed by atoms with Crippen molar-refractivity contribution in [3.8, 4) is 0 Å². The molecule has 74 valence electrons. The minimum atomic E-state index is 0.268. The number of ether oxygens (including phenoxy) is 1. The quantitative estimate of drug-likeness (QED) is 0.715. The van der Waals surface area contributed by atoms with Gasteiger partial charge in [-0.1, -0.05) is 0 Å². The minimum Gasteiger partial charge on any atom is -0.372 e. The Morgan fingerprint density at radius 1 is 1.38 bits per heavy atom. The number of aromatic nitrogens is 2. The molecule has 0 radical (unpaired) electrons. The summed E-state index contributed by atoms with van der Waals surface area (Å²) in [6.07, 6.45) is 2.26. The van der Waals surface area contributed by atoms with Crippen molar-refractivity contribution in [2.24, 2.45) is 0 Å². The van der Waals surface area contributed by atoms with Crippen LogP contribution in [0.2, 0.25) is 0 Å². The highest BCUT2D eigenvalue weighted by Gasteiger charge is 2.02. The first-order valence-corrected chi connectivity index (χ1v) is 4.75. The second-order valence-corrected chi connectivity index (χ2v) is 3.74. The van der Waals surface area contributed by atoms with E-state index < -0.39 is 0 Å². The third-order valence-electron chi connectivity index (χ3n) is 1.76. The molecule has 3 heteroatoms. The van der Waals surface area contributed by atoms with E-state index in [2.05, 4.69) is 18.9 Å². The topological polar surface area (TPSA) is 27.1 Å². The van der Waals surface area contributed by atoms with E-state index in [0.717, 1.165) is 5.69 Å². The van der Waals surface area contributed by atoms with Gasteiger partial charge in [0.25, 0.3) is 0 Å². The summed E-state index contributed by atoms with van der Waals surface area (Å²) in [5, 5.41) is 4.37.